The Morgan fingerprint density at radius 3 is 2.84 bits per heavy atom. The van der Waals surface area contributed by atoms with Crippen LogP contribution in [0.5, 0.6) is 0 Å². The van der Waals surface area contributed by atoms with Gasteiger partial charge in [-0.3, -0.25) is 9.88 Å². The summed E-state index contributed by atoms with van der Waals surface area (Å²) < 4.78 is 0. The van der Waals surface area contributed by atoms with Crippen molar-refractivity contribution in [2.75, 3.05) is 6.54 Å². The van der Waals surface area contributed by atoms with E-state index in [4.69, 9.17) is 4.98 Å². The van der Waals surface area contributed by atoms with Gasteiger partial charge in [-0.25, -0.2) is 9.97 Å². The lowest BCUT2D eigenvalue weighted by molar-refractivity contribution is 0.242. The van der Waals surface area contributed by atoms with Crippen LogP contribution in [0.15, 0.2) is 42.0 Å². The lowest BCUT2D eigenvalue weighted by Gasteiger charge is -2.28. The summed E-state index contributed by atoms with van der Waals surface area (Å²) in [6, 6.07) is 8.51. The van der Waals surface area contributed by atoms with Crippen molar-refractivity contribution in [2.45, 2.75) is 38.3 Å². The van der Waals surface area contributed by atoms with E-state index >= 15 is 0 Å². The normalized spacial score (nSPS) is 17.4. The fourth-order valence-corrected chi connectivity index (χ4v) is 4.11. The summed E-state index contributed by atoms with van der Waals surface area (Å²) in [5.74, 6) is 1.71. The zero-order valence-corrected chi connectivity index (χ0v) is 14.9. The summed E-state index contributed by atoms with van der Waals surface area (Å²) in [5.41, 5.74) is 4.88. The number of pyridine rings is 1. The summed E-state index contributed by atoms with van der Waals surface area (Å²) in [6.07, 6.45) is 7.62. The van der Waals surface area contributed by atoms with Crippen molar-refractivity contribution in [3.05, 3.63) is 64.7 Å². The van der Waals surface area contributed by atoms with E-state index in [0.717, 1.165) is 37.6 Å². The Morgan fingerprint density at radius 2 is 2.08 bits per heavy atom. The molecule has 2 aliphatic rings. The first-order valence-corrected chi connectivity index (χ1v) is 9.79. The molecular weight excluding hydrogens is 328 g/mol. The zero-order valence-electron chi connectivity index (χ0n) is 14.1. The predicted molar refractivity (Wildman–Crippen MR) is 99.4 cm³/mol. The number of nitrogens with zero attached hydrogens (tertiary/aromatic N) is 4. The summed E-state index contributed by atoms with van der Waals surface area (Å²) in [6.45, 7) is 2.93. The van der Waals surface area contributed by atoms with Crippen molar-refractivity contribution in [3.8, 4) is 10.6 Å². The zero-order chi connectivity index (χ0) is 16.6. The van der Waals surface area contributed by atoms with Gasteiger partial charge in [-0.15, -0.1) is 11.3 Å². The van der Waals surface area contributed by atoms with Crippen LogP contribution >= 0.6 is 11.3 Å². The maximum Gasteiger partial charge on any atom is 0.131 e. The van der Waals surface area contributed by atoms with Crippen LogP contribution in [0.3, 0.4) is 0 Å². The van der Waals surface area contributed by atoms with Crippen LogP contribution in [-0.2, 0) is 19.5 Å². The van der Waals surface area contributed by atoms with E-state index in [9.17, 15) is 0 Å². The number of rotatable bonds is 4. The molecular formula is C20H20N4S. The van der Waals surface area contributed by atoms with Crippen LogP contribution in [0.1, 0.15) is 41.4 Å². The van der Waals surface area contributed by atoms with Gasteiger partial charge in [-0.1, -0.05) is 12.1 Å². The summed E-state index contributed by atoms with van der Waals surface area (Å²) in [5, 5.41) is 2.09. The lowest BCUT2D eigenvalue weighted by Crippen LogP contribution is -2.31. The van der Waals surface area contributed by atoms with Gasteiger partial charge >= 0.3 is 0 Å². The third-order valence-corrected chi connectivity index (χ3v) is 5.87. The minimum absolute atomic E-state index is 0.635. The van der Waals surface area contributed by atoms with Crippen molar-refractivity contribution >= 4 is 11.3 Å². The third-order valence-electron chi connectivity index (χ3n) is 4.98. The quantitative estimate of drug-likeness (QED) is 0.714. The summed E-state index contributed by atoms with van der Waals surface area (Å²) in [7, 11) is 0. The Balaban J connectivity index is 1.27. The second kappa shape index (κ2) is 6.32. The van der Waals surface area contributed by atoms with Crippen LogP contribution in [0, 0.1) is 0 Å². The van der Waals surface area contributed by atoms with Crippen LogP contribution in [0.4, 0.5) is 0 Å². The molecule has 25 heavy (non-hydrogen) atoms. The van der Waals surface area contributed by atoms with Crippen molar-refractivity contribution in [3.63, 3.8) is 0 Å². The number of hydrogen-bond donors (Lipinski definition) is 0. The molecule has 126 valence electrons. The van der Waals surface area contributed by atoms with E-state index in [0.29, 0.717) is 5.92 Å². The Hall–Kier alpha value is -2.11. The number of hydrogen-bond acceptors (Lipinski definition) is 5. The second-order valence-electron chi connectivity index (χ2n) is 6.96. The lowest BCUT2D eigenvalue weighted by atomic mass is 10.1. The SMILES string of the molecule is c1csc(-c2ccc(CN3CCc4nc(C5CC5)ncc4C3)cn2)c1. The van der Waals surface area contributed by atoms with Gasteiger partial charge in [0.05, 0.1) is 10.6 Å². The minimum Gasteiger partial charge on any atom is -0.294 e. The molecule has 0 spiro atoms. The topological polar surface area (TPSA) is 41.9 Å². The van der Waals surface area contributed by atoms with Gasteiger partial charge in [0.25, 0.3) is 0 Å². The number of aromatic nitrogens is 3. The maximum atomic E-state index is 4.81. The molecule has 5 heteroatoms. The predicted octanol–water partition coefficient (Wildman–Crippen LogP) is 4.04. The highest BCUT2D eigenvalue weighted by Gasteiger charge is 2.28. The van der Waals surface area contributed by atoms with Gasteiger partial charge in [0, 0.05) is 55.6 Å². The van der Waals surface area contributed by atoms with Crippen LogP contribution in [0.25, 0.3) is 10.6 Å². The average Bonchev–Trinajstić information content (AvgIpc) is 3.36. The monoisotopic (exact) mass is 348 g/mol. The van der Waals surface area contributed by atoms with E-state index in [1.807, 2.05) is 6.20 Å². The molecule has 3 aromatic heterocycles. The highest BCUT2D eigenvalue weighted by atomic mass is 32.1. The molecule has 0 radical (unpaired) electrons. The Bertz CT molecular complexity index is 869. The van der Waals surface area contributed by atoms with Crippen molar-refractivity contribution < 1.29 is 0 Å². The Morgan fingerprint density at radius 1 is 1.12 bits per heavy atom. The average molecular weight is 348 g/mol. The molecule has 0 aromatic carbocycles. The van der Waals surface area contributed by atoms with Crippen LogP contribution in [-0.4, -0.2) is 26.4 Å². The molecule has 0 atom stereocenters. The molecule has 4 heterocycles. The molecule has 0 N–H and O–H groups in total. The molecule has 0 bridgehead atoms. The van der Waals surface area contributed by atoms with Crippen LogP contribution in [0.2, 0.25) is 0 Å². The summed E-state index contributed by atoms with van der Waals surface area (Å²) in [4.78, 5) is 17.7. The van der Waals surface area contributed by atoms with E-state index in [2.05, 4.69) is 50.7 Å². The summed E-state index contributed by atoms with van der Waals surface area (Å²) >= 11 is 1.73. The molecule has 1 aliphatic heterocycles. The molecule has 5 rings (SSSR count). The molecule has 3 aromatic rings. The molecule has 0 amide bonds. The van der Waals surface area contributed by atoms with Gasteiger partial charge in [0.1, 0.15) is 5.82 Å². The van der Waals surface area contributed by atoms with Gasteiger partial charge in [-0.2, -0.15) is 0 Å². The van der Waals surface area contributed by atoms with Gasteiger partial charge in [0.2, 0.25) is 0 Å². The minimum atomic E-state index is 0.635. The third kappa shape index (κ3) is 3.22. The van der Waals surface area contributed by atoms with Gasteiger partial charge < -0.3 is 0 Å². The second-order valence-corrected chi connectivity index (χ2v) is 7.91. The molecule has 0 unspecified atom stereocenters. The van der Waals surface area contributed by atoms with Gasteiger partial charge in [0.15, 0.2) is 0 Å². The van der Waals surface area contributed by atoms with E-state index in [1.54, 1.807) is 11.3 Å². The largest absolute Gasteiger partial charge is 0.294 e. The van der Waals surface area contributed by atoms with Crippen molar-refractivity contribution in [2.24, 2.45) is 0 Å². The molecule has 1 fully saturated rings. The van der Waals surface area contributed by atoms with Crippen LogP contribution < -0.4 is 0 Å². The smallest absolute Gasteiger partial charge is 0.131 e. The van der Waals surface area contributed by atoms with E-state index in [-0.39, 0.29) is 0 Å². The number of fused-ring (bicyclic) bond motifs is 1. The van der Waals surface area contributed by atoms with E-state index < -0.39 is 0 Å². The first-order chi connectivity index (χ1) is 12.3. The fourth-order valence-electron chi connectivity index (χ4n) is 3.41. The fraction of sp³-hybridized carbons (Fsp3) is 0.350. The van der Waals surface area contributed by atoms with Gasteiger partial charge in [-0.05, 0) is 35.9 Å². The van der Waals surface area contributed by atoms with E-state index in [1.165, 1.54) is 34.5 Å². The number of thiophene rings is 1. The highest BCUT2D eigenvalue weighted by Crippen LogP contribution is 2.38. The first-order valence-electron chi connectivity index (χ1n) is 8.91. The molecule has 1 saturated carbocycles. The maximum absolute atomic E-state index is 4.81. The standard InChI is InChI=1S/C20H20N4S/c1-2-19(25-9-1)18-6-3-14(10-21-18)12-24-8-7-17-16(13-24)11-22-20(23-17)15-4-5-15/h1-3,6,9-11,15H,4-5,7-8,12-13H2. The first kappa shape index (κ1) is 15.2. The highest BCUT2D eigenvalue weighted by molar-refractivity contribution is 7.13. The van der Waals surface area contributed by atoms with Crippen molar-refractivity contribution in [1.82, 2.24) is 19.9 Å². The van der Waals surface area contributed by atoms with Crippen molar-refractivity contribution in [1.29, 1.82) is 0 Å². The molecule has 0 saturated heterocycles. The molecule has 4 nitrogen and oxygen atoms in total. The Kier molecular flexibility index (Phi) is 3.83. The molecule has 1 aliphatic carbocycles. The Labute approximate surface area is 151 Å².